The van der Waals surface area contributed by atoms with Gasteiger partial charge in [0.1, 0.15) is 11.9 Å². The number of aliphatic hydroxyl groups is 1. The zero-order chi connectivity index (χ0) is 16.9. The Labute approximate surface area is 147 Å². The molecule has 0 aromatic heterocycles. The van der Waals surface area contributed by atoms with Crippen LogP contribution in [0.1, 0.15) is 24.0 Å². The van der Waals surface area contributed by atoms with Gasteiger partial charge in [0, 0.05) is 18.5 Å². The van der Waals surface area contributed by atoms with Crippen molar-refractivity contribution in [1.29, 1.82) is 0 Å². The maximum Gasteiger partial charge on any atom is 0.169 e. The summed E-state index contributed by atoms with van der Waals surface area (Å²) in [5.41, 5.74) is 2.33. The molecule has 25 heavy (non-hydrogen) atoms. The van der Waals surface area contributed by atoms with Gasteiger partial charge in [0.25, 0.3) is 0 Å². The van der Waals surface area contributed by atoms with Crippen LogP contribution < -0.4 is 14.8 Å². The van der Waals surface area contributed by atoms with Crippen LogP contribution in [0.25, 0.3) is 0 Å². The van der Waals surface area contributed by atoms with Gasteiger partial charge in [-0.15, -0.1) is 0 Å². The largest absolute Gasteiger partial charge is 0.485 e. The highest BCUT2D eigenvalue weighted by Gasteiger charge is 2.52. The second-order valence-electron chi connectivity index (χ2n) is 7.08. The van der Waals surface area contributed by atoms with Gasteiger partial charge in [-0.05, 0) is 36.7 Å². The topological polar surface area (TPSA) is 50.7 Å². The molecule has 128 valence electrons. The van der Waals surface area contributed by atoms with Gasteiger partial charge in [0.15, 0.2) is 11.5 Å². The molecule has 3 aliphatic rings. The molecule has 0 amide bonds. The predicted octanol–water partition coefficient (Wildman–Crippen LogP) is 3.29. The van der Waals surface area contributed by atoms with Crippen LogP contribution in [-0.4, -0.2) is 23.9 Å². The Morgan fingerprint density at radius 1 is 1.16 bits per heavy atom. The summed E-state index contributed by atoms with van der Waals surface area (Å²) < 4.78 is 12.5. The minimum Gasteiger partial charge on any atom is -0.485 e. The summed E-state index contributed by atoms with van der Waals surface area (Å²) in [5.74, 6) is 2.39. The van der Waals surface area contributed by atoms with Crippen molar-refractivity contribution in [2.75, 3.05) is 6.54 Å². The molecule has 4 heteroatoms. The van der Waals surface area contributed by atoms with E-state index in [0.717, 1.165) is 36.8 Å². The van der Waals surface area contributed by atoms with Crippen molar-refractivity contribution in [3.8, 4) is 17.2 Å². The molecule has 5 rings (SSSR count). The molecule has 3 atom stereocenters. The average molecular weight is 335 g/mol. The first kappa shape index (κ1) is 15.0. The highest BCUT2D eigenvalue weighted by atomic mass is 16.5. The van der Waals surface area contributed by atoms with Gasteiger partial charge in [-0.2, -0.15) is 0 Å². The van der Waals surface area contributed by atoms with Crippen LogP contribution >= 0.6 is 0 Å². The Bertz CT molecular complexity index is 833. The minimum atomic E-state index is -0.442. The minimum absolute atomic E-state index is 0.0401. The molecule has 2 N–H and O–H groups in total. The van der Waals surface area contributed by atoms with E-state index in [4.69, 9.17) is 9.47 Å². The van der Waals surface area contributed by atoms with E-state index in [-0.39, 0.29) is 11.5 Å². The summed E-state index contributed by atoms with van der Waals surface area (Å²) in [5, 5.41) is 13.6. The third-order valence-electron chi connectivity index (χ3n) is 5.58. The second-order valence-corrected chi connectivity index (χ2v) is 7.08. The lowest BCUT2D eigenvalue weighted by molar-refractivity contribution is 0.0854. The zero-order valence-corrected chi connectivity index (χ0v) is 13.9. The fraction of sp³-hybridized carbons (Fsp3) is 0.333. The lowest BCUT2D eigenvalue weighted by Gasteiger charge is -2.35. The van der Waals surface area contributed by atoms with Crippen LogP contribution in [0.5, 0.6) is 17.2 Å². The summed E-state index contributed by atoms with van der Waals surface area (Å²) >= 11 is 0. The van der Waals surface area contributed by atoms with Gasteiger partial charge in [-0.3, -0.25) is 0 Å². The van der Waals surface area contributed by atoms with Gasteiger partial charge in [0.05, 0.1) is 11.5 Å². The SMILES string of the molecule is O[C@H]1C=C[C@@]23CCNCc4ccc(Oc5ccccc5)c(c42)O[C@H]3C1. The maximum absolute atomic E-state index is 10.1. The van der Waals surface area contributed by atoms with Gasteiger partial charge < -0.3 is 19.9 Å². The van der Waals surface area contributed by atoms with Gasteiger partial charge in [-0.25, -0.2) is 0 Å². The number of para-hydroxylation sites is 1. The molecule has 2 aliphatic heterocycles. The van der Waals surface area contributed by atoms with E-state index in [1.54, 1.807) is 0 Å². The molecule has 0 saturated heterocycles. The smallest absolute Gasteiger partial charge is 0.169 e. The first-order valence-electron chi connectivity index (χ1n) is 8.90. The van der Waals surface area contributed by atoms with Crippen molar-refractivity contribution < 1.29 is 14.6 Å². The van der Waals surface area contributed by atoms with E-state index in [1.165, 1.54) is 11.1 Å². The molecule has 2 heterocycles. The van der Waals surface area contributed by atoms with Gasteiger partial charge >= 0.3 is 0 Å². The number of ether oxygens (including phenoxy) is 2. The molecule has 0 unspecified atom stereocenters. The molecule has 2 aromatic rings. The number of rotatable bonds is 2. The normalized spacial score (nSPS) is 29.3. The van der Waals surface area contributed by atoms with Crippen LogP contribution in [0.15, 0.2) is 54.6 Å². The Morgan fingerprint density at radius 3 is 2.92 bits per heavy atom. The predicted molar refractivity (Wildman–Crippen MR) is 95.1 cm³/mol. The van der Waals surface area contributed by atoms with Crippen LogP contribution in [0.3, 0.4) is 0 Å². The molecule has 2 aromatic carbocycles. The van der Waals surface area contributed by atoms with Crippen LogP contribution in [-0.2, 0) is 12.0 Å². The van der Waals surface area contributed by atoms with Crippen molar-refractivity contribution in [2.24, 2.45) is 0 Å². The second kappa shape index (κ2) is 5.61. The van der Waals surface area contributed by atoms with E-state index < -0.39 is 6.10 Å². The summed E-state index contributed by atoms with van der Waals surface area (Å²) in [7, 11) is 0. The number of hydrogen-bond donors (Lipinski definition) is 2. The molecular weight excluding hydrogens is 314 g/mol. The fourth-order valence-corrected chi connectivity index (χ4v) is 4.40. The highest BCUT2D eigenvalue weighted by Crippen LogP contribution is 2.55. The Morgan fingerprint density at radius 2 is 2.04 bits per heavy atom. The number of benzene rings is 2. The van der Waals surface area contributed by atoms with Crippen LogP contribution in [0.2, 0.25) is 0 Å². The first-order chi connectivity index (χ1) is 12.3. The van der Waals surface area contributed by atoms with Crippen molar-refractivity contribution in [2.45, 2.75) is 37.0 Å². The van der Waals surface area contributed by atoms with Crippen molar-refractivity contribution in [3.63, 3.8) is 0 Å². The lowest BCUT2D eigenvalue weighted by atomic mass is 9.69. The molecule has 1 aliphatic carbocycles. The Kier molecular flexibility index (Phi) is 3.37. The van der Waals surface area contributed by atoms with Crippen LogP contribution in [0, 0.1) is 0 Å². The van der Waals surface area contributed by atoms with E-state index in [2.05, 4.69) is 17.5 Å². The van der Waals surface area contributed by atoms with E-state index in [0.29, 0.717) is 6.42 Å². The zero-order valence-electron chi connectivity index (χ0n) is 13.9. The van der Waals surface area contributed by atoms with Gasteiger partial charge in [0.2, 0.25) is 0 Å². The molecule has 1 spiro atoms. The van der Waals surface area contributed by atoms with Crippen molar-refractivity contribution in [1.82, 2.24) is 5.32 Å². The molecular formula is C21H21NO3. The summed E-state index contributed by atoms with van der Waals surface area (Å²) in [6.07, 6.45) is 5.20. The molecule has 4 nitrogen and oxygen atoms in total. The lowest BCUT2D eigenvalue weighted by Crippen LogP contribution is -2.42. The van der Waals surface area contributed by atoms with E-state index in [9.17, 15) is 5.11 Å². The average Bonchev–Trinajstić information content (AvgIpc) is 2.84. The molecule has 0 saturated carbocycles. The summed E-state index contributed by atoms with van der Waals surface area (Å²) in [6, 6.07) is 13.9. The Balaban J connectivity index is 1.65. The van der Waals surface area contributed by atoms with E-state index in [1.807, 2.05) is 42.5 Å². The summed E-state index contributed by atoms with van der Waals surface area (Å²) in [6.45, 7) is 1.77. The summed E-state index contributed by atoms with van der Waals surface area (Å²) in [4.78, 5) is 0. The quantitative estimate of drug-likeness (QED) is 0.827. The Hall–Kier alpha value is -2.30. The first-order valence-corrected chi connectivity index (χ1v) is 8.90. The third-order valence-corrected chi connectivity index (χ3v) is 5.58. The van der Waals surface area contributed by atoms with Crippen molar-refractivity contribution in [3.05, 3.63) is 65.7 Å². The fourth-order valence-electron chi connectivity index (χ4n) is 4.40. The highest BCUT2D eigenvalue weighted by molar-refractivity contribution is 5.61. The van der Waals surface area contributed by atoms with Gasteiger partial charge in [-0.1, -0.05) is 36.4 Å². The number of nitrogens with one attached hydrogen (secondary N) is 1. The number of aliphatic hydroxyl groups excluding tert-OH is 1. The third kappa shape index (κ3) is 2.29. The molecule has 0 radical (unpaired) electrons. The van der Waals surface area contributed by atoms with Crippen LogP contribution in [0.4, 0.5) is 0 Å². The molecule has 0 bridgehead atoms. The monoisotopic (exact) mass is 335 g/mol. The van der Waals surface area contributed by atoms with Crippen molar-refractivity contribution >= 4 is 0 Å². The molecule has 0 fully saturated rings. The number of hydrogen-bond acceptors (Lipinski definition) is 4. The van der Waals surface area contributed by atoms with E-state index >= 15 is 0 Å². The standard InChI is InChI=1S/C21H21NO3/c23-15-8-9-21-10-11-22-13-14-6-7-17(24-16-4-2-1-3-5-16)20(19(14)21)25-18(21)12-15/h1-9,15,18,22-23H,10-13H2/t15-,18-,21-/m0/s1. The maximum atomic E-state index is 10.1.